The highest BCUT2D eigenvalue weighted by molar-refractivity contribution is 7.13. The van der Waals surface area contributed by atoms with Gasteiger partial charge in [0.15, 0.2) is 0 Å². The number of hydrogen-bond acceptors (Lipinski definition) is 4. The minimum Gasteiger partial charge on any atom is -0.352 e. The van der Waals surface area contributed by atoms with Crippen molar-refractivity contribution in [1.82, 2.24) is 15.1 Å². The van der Waals surface area contributed by atoms with Crippen molar-refractivity contribution in [2.75, 3.05) is 0 Å². The van der Waals surface area contributed by atoms with E-state index in [0.29, 0.717) is 5.39 Å². The number of nitrogens with zero attached hydrogens (tertiary/aromatic N) is 2. The molecular formula is C20H21N3O2S. The van der Waals surface area contributed by atoms with Gasteiger partial charge in [-0.1, -0.05) is 43.5 Å². The molecule has 0 unspecified atom stereocenters. The van der Waals surface area contributed by atoms with E-state index in [1.165, 1.54) is 11.1 Å². The number of nitrogens with one attached hydrogen (secondary N) is 1. The van der Waals surface area contributed by atoms with Crippen LogP contribution in [0.25, 0.3) is 21.3 Å². The number of rotatable bonds is 4. The minimum absolute atomic E-state index is 0.0431. The van der Waals surface area contributed by atoms with Gasteiger partial charge in [-0.05, 0) is 30.4 Å². The summed E-state index contributed by atoms with van der Waals surface area (Å²) in [5.41, 5.74) is 0.528. The zero-order valence-electron chi connectivity index (χ0n) is 14.5. The molecule has 6 heteroatoms. The van der Waals surface area contributed by atoms with Crippen molar-refractivity contribution in [2.24, 2.45) is 0 Å². The Kier molecular flexibility index (Phi) is 4.84. The first-order valence-electron chi connectivity index (χ1n) is 9.05. The maximum atomic E-state index is 12.8. The number of carbonyl (C=O) groups excluding carboxylic acids is 1. The first-order valence-corrected chi connectivity index (χ1v) is 9.93. The Balaban J connectivity index is 1.67. The molecule has 0 bridgehead atoms. The molecule has 0 atom stereocenters. The number of fused-ring (bicyclic) bond motifs is 1. The number of hydrogen-bond donors (Lipinski definition) is 1. The molecule has 1 aromatic carbocycles. The van der Waals surface area contributed by atoms with E-state index in [1.807, 2.05) is 35.7 Å². The maximum Gasteiger partial charge on any atom is 0.275 e. The molecule has 26 heavy (non-hydrogen) atoms. The van der Waals surface area contributed by atoms with Crippen molar-refractivity contribution in [2.45, 2.75) is 44.7 Å². The highest BCUT2D eigenvalue weighted by Crippen LogP contribution is 2.28. The molecule has 1 aliphatic carbocycles. The Hall–Kier alpha value is -2.47. The zero-order valence-corrected chi connectivity index (χ0v) is 15.3. The van der Waals surface area contributed by atoms with Gasteiger partial charge >= 0.3 is 0 Å². The number of carbonyl (C=O) groups is 1. The van der Waals surface area contributed by atoms with Crippen LogP contribution in [0, 0.1) is 0 Å². The van der Waals surface area contributed by atoms with Gasteiger partial charge in [-0.15, -0.1) is 11.3 Å². The van der Waals surface area contributed by atoms with E-state index < -0.39 is 0 Å². The van der Waals surface area contributed by atoms with Crippen LogP contribution in [0.1, 0.15) is 32.1 Å². The van der Waals surface area contributed by atoms with Crippen molar-refractivity contribution in [3.05, 3.63) is 52.1 Å². The Morgan fingerprint density at radius 1 is 1.12 bits per heavy atom. The molecule has 1 amide bonds. The molecule has 0 aliphatic heterocycles. The molecule has 2 aromatic heterocycles. The monoisotopic (exact) mass is 367 g/mol. The molecule has 0 radical (unpaired) electrons. The van der Waals surface area contributed by atoms with Gasteiger partial charge in [0.2, 0.25) is 5.91 Å². The predicted octanol–water partition coefficient (Wildman–Crippen LogP) is 3.57. The van der Waals surface area contributed by atoms with E-state index in [4.69, 9.17) is 0 Å². The van der Waals surface area contributed by atoms with Crippen LogP contribution < -0.4 is 10.9 Å². The van der Waals surface area contributed by atoms with Gasteiger partial charge in [0.25, 0.3) is 5.56 Å². The summed E-state index contributed by atoms with van der Waals surface area (Å²) >= 11 is 1.57. The number of amides is 1. The number of thiophene rings is 1. The highest BCUT2D eigenvalue weighted by Gasteiger charge is 2.18. The third kappa shape index (κ3) is 3.42. The van der Waals surface area contributed by atoms with Crippen molar-refractivity contribution >= 4 is 28.0 Å². The lowest BCUT2D eigenvalue weighted by Gasteiger charge is -2.22. The van der Waals surface area contributed by atoms with Crippen LogP contribution in [0.4, 0.5) is 0 Å². The second-order valence-corrected chi connectivity index (χ2v) is 7.68. The van der Waals surface area contributed by atoms with Crippen LogP contribution in [0.5, 0.6) is 0 Å². The molecule has 0 spiro atoms. The van der Waals surface area contributed by atoms with Crippen molar-refractivity contribution in [3.63, 3.8) is 0 Å². The summed E-state index contributed by atoms with van der Waals surface area (Å²) in [4.78, 5) is 26.2. The summed E-state index contributed by atoms with van der Waals surface area (Å²) in [7, 11) is 0. The summed E-state index contributed by atoms with van der Waals surface area (Å²) in [5.74, 6) is -0.140. The van der Waals surface area contributed by atoms with Crippen LogP contribution in [0.15, 0.2) is 46.6 Å². The standard InChI is InChI=1S/C20H21N3O2S/c24-18(21-14-7-2-1-3-8-14)13-23-20(25)16-10-5-4-9-15(16)19(22-23)17-11-6-12-26-17/h4-6,9-12,14H,1-3,7-8,13H2,(H,21,24). The lowest BCUT2D eigenvalue weighted by atomic mass is 9.95. The Morgan fingerprint density at radius 3 is 2.62 bits per heavy atom. The van der Waals surface area contributed by atoms with Crippen molar-refractivity contribution in [3.8, 4) is 10.6 Å². The van der Waals surface area contributed by atoms with Gasteiger partial charge in [-0.2, -0.15) is 5.10 Å². The van der Waals surface area contributed by atoms with Gasteiger partial charge in [-0.25, -0.2) is 4.68 Å². The van der Waals surface area contributed by atoms with Crippen molar-refractivity contribution in [1.29, 1.82) is 0 Å². The first kappa shape index (κ1) is 17.0. The van der Waals surface area contributed by atoms with E-state index >= 15 is 0 Å². The quantitative estimate of drug-likeness (QED) is 0.767. The van der Waals surface area contributed by atoms with Gasteiger partial charge in [0, 0.05) is 11.4 Å². The lowest BCUT2D eigenvalue weighted by Crippen LogP contribution is -2.40. The van der Waals surface area contributed by atoms with E-state index in [-0.39, 0.29) is 24.1 Å². The fourth-order valence-corrected chi connectivity index (χ4v) is 4.32. The molecule has 5 nitrogen and oxygen atoms in total. The summed E-state index contributed by atoms with van der Waals surface area (Å²) in [5, 5.41) is 11.0. The number of aromatic nitrogens is 2. The fourth-order valence-electron chi connectivity index (χ4n) is 3.59. The van der Waals surface area contributed by atoms with Crippen LogP contribution in [-0.2, 0) is 11.3 Å². The SMILES string of the molecule is O=C(Cn1nc(-c2cccs2)c2ccccc2c1=O)NC1CCCCC1. The van der Waals surface area contributed by atoms with Gasteiger partial charge in [-0.3, -0.25) is 9.59 Å². The normalized spacial score (nSPS) is 15.2. The molecule has 0 saturated heterocycles. The van der Waals surface area contributed by atoms with E-state index in [9.17, 15) is 9.59 Å². The molecule has 134 valence electrons. The summed E-state index contributed by atoms with van der Waals surface area (Å²) in [6, 6.07) is 11.6. The Morgan fingerprint density at radius 2 is 1.88 bits per heavy atom. The van der Waals surface area contributed by atoms with Gasteiger partial charge in [0.05, 0.1) is 10.3 Å². The second-order valence-electron chi connectivity index (χ2n) is 6.74. The van der Waals surface area contributed by atoms with Crippen LogP contribution >= 0.6 is 11.3 Å². The van der Waals surface area contributed by atoms with Gasteiger partial charge < -0.3 is 5.32 Å². The van der Waals surface area contributed by atoms with Crippen LogP contribution in [-0.4, -0.2) is 21.7 Å². The summed E-state index contributed by atoms with van der Waals surface area (Å²) in [6.07, 6.45) is 5.59. The average Bonchev–Trinajstić information content (AvgIpc) is 3.19. The van der Waals surface area contributed by atoms with Crippen molar-refractivity contribution < 1.29 is 4.79 Å². The molecular weight excluding hydrogens is 346 g/mol. The fraction of sp³-hybridized carbons (Fsp3) is 0.350. The second kappa shape index (κ2) is 7.41. The minimum atomic E-state index is -0.222. The van der Waals surface area contributed by atoms with Crippen LogP contribution in [0.2, 0.25) is 0 Å². The molecule has 2 heterocycles. The van der Waals surface area contributed by atoms with Crippen LogP contribution in [0.3, 0.4) is 0 Å². The highest BCUT2D eigenvalue weighted by atomic mass is 32.1. The zero-order chi connectivity index (χ0) is 17.9. The predicted molar refractivity (Wildman–Crippen MR) is 104 cm³/mol. The summed E-state index contributed by atoms with van der Waals surface area (Å²) < 4.78 is 1.30. The largest absolute Gasteiger partial charge is 0.352 e. The first-order chi connectivity index (χ1) is 12.7. The smallest absolute Gasteiger partial charge is 0.275 e. The average molecular weight is 367 g/mol. The maximum absolute atomic E-state index is 12.8. The topological polar surface area (TPSA) is 64.0 Å². The molecule has 3 aromatic rings. The lowest BCUT2D eigenvalue weighted by molar-refractivity contribution is -0.122. The molecule has 1 aliphatic rings. The number of benzene rings is 1. The molecule has 4 rings (SSSR count). The third-order valence-electron chi connectivity index (χ3n) is 4.89. The van der Waals surface area contributed by atoms with E-state index in [2.05, 4.69) is 10.4 Å². The van der Waals surface area contributed by atoms with E-state index in [1.54, 1.807) is 17.4 Å². The molecule has 1 saturated carbocycles. The molecule has 1 N–H and O–H groups in total. The summed E-state index contributed by atoms with van der Waals surface area (Å²) in [6.45, 7) is -0.0431. The molecule has 1 fully saturated rings. The Bertz CT molecular complexity index is 972. The Labute approximate surface area is 155 Å². The third-order valence-corrected chi connectivity index (χ3v) is 5.76. The van der Waals surface area contributed by atoms with E-state index in [0.717, 1.165) is 41.6 Å². The van der Waals surface area contributed by atoms with Gasteiger partial charge in [0.1, 0.15) is 12.2 Å².